The van der Waals surface area contributed by atoms with E-state index in [0.29, 0.717) is 11.1 Å². The van der Waals surface area contributed by atoms with Gasteiger partial charge in [-0.15, -0.1) is 0 Å². The highest BCUT2D eigenvalue weighted by Gasteiger charge is 2.23. The summed E-state index contributed by atoms with van der Waals surface area (Å²) in [6, 6.07) is 17.0. The van der Waals surface area contributed by atoms with Crippen molar-refractivity contribution in [3.8, 4) is 11.5 Å². The van der Waals surface area contributed by atoms with E-state index in [4.69, 9.17) is 8.92 Å². The maximum atomic E-state index is 12.7. The molecule has 0 atom stereocenters. The van der Waals surface area contributed by atoms with Gasteiger partial charge in [0.2, 0.25) is 0 Å². The van der Waals surface area contributed by atoms with Gasteiger partial charge in [0.05, 0.1) is 24.8 Å². The molecule has 0 fully saturated rings. The Hall–Kier alpha value is -4.45. The number of nitro groups is 1. The average molecular weight is 499 g/mol. The van der Waals surface area contributed by atoms with Gasteiger partial charge in [0.25, 0.3) is 11.6 Å². The van der Waals surface area contributed by atoms with E-state index in [0.717, 1.165) is 11.8 Å². The average Bonchev–Trinajstić information content (AvgIpc) is 2.84. The van der Waals surface area contributed by atoms with E-state index in [1.807, 2.05) is 30.3 Å². The number of nitrogens with one attached hydrogen (secondary N) is 2. The van der Waals surface area contributed by atoms with Crippen LogP contribution in [0.15, 0.2) is 76.7 Å². The van der Waals surface area contributed by atoms with Crippen LogP contribution < -0.4 is 19.7 Å². The van der Waals surface area contributed by atoms with Crippen LogP contribution >= 0.6 is 0 Å². The van der Waals surface area contributed by atoms with Crippen LogP contribution in [0.3, 0.4) is 0 Å². The maximum Gasteiger partial charge on any atom is 0.339 e. The summed E-state index contributed by atoms with van der Waals surface area (Å²) in [6.07, 6.45) is 1.35. The number of rotatable bonds is 10. The molecular formula is C23H22N4O7S. The summed E-state index contributed by atoms with van der Waals surface area (Å²) >= 11 is 0. The molecule has 3 rings (SSSR count). The number of aryl methyl sites for hydroxylation is 1. The van der Waals surface area contributed by atoms with E-state index in [1.54, 1.807) is 0 Å². The lowest BCUT2D eigenvalue weighted by Crippen LogP contribution is -2.25. The Balaban J connectivity index is 1.67. The Morgan fingerprint density at radius 3 is 2.51 bits per heavy atom. The lowest BCUT2D eigenvalue weighted by molar-refractivity contribution is -0.385. The Labute approximate surface area is 201 Å². The van der Waals surface area contributed by atoms with Gasteiger partial charge in [0.1, 0.15) is 4.90 Å². The number of nitrogens with zero attached hydrogens (tertiary/aromatic N) is 2. The van der Waals surface area contributed by atoms with Crippen molar-refractivity contribution >= 4 is 33.6 Å². The van der Waals surface area contributed by atoms with Crippen LogP contribution in [0.2, 0.25) is 0 Å². The highest BCUT2D eigenvalue weighted by Crippen LogP contribution is 2.31. The zero-order chi connectivity index (χ0) is 25.4. The molecule has 0 aliphatic rings. The van der Waals surface area contributed by atoms with Gasteiger partial charge in [0.15, 0.2) is 11.5 Å². The van der Waals surface area contributed by atoms with Gasteiger partial charge in [-0.2, -0.15) is 13.5 Å². The van der Waals surface area contributed by atoms with Crippen molar-refractivity contribution in [2.24, 2.45) is 5.10 Å². The number of ether oxygens (including phenoxy) is 1. The quantitative estimate of drug-likeness (QED) is 0.187. The number of para-hydroxylation sites is 1. The number of methoxy groups -OCH3 is 1. The van der Waals surface area contributed by atoms with Crippen molar-refractivity contribution < 1.29 is 27.1 Å². The number of amides is 1. The minimum Gasteiger partial charge on any atom is -0.493 e. The van der Waals surface area contributed by atoms with Gasteiger partial charge in [-0.05, 0) is 48.9 Å². The van der Waals surface area contributed by atoms with E-state index in [1.165, 1.54) is 50.6 Å². The number of hydrazone groups is 1. The van der Waals surface area contributed by atoms with Crippen molar-refractivity contribution in [1.29, 1.82) is 0 Å². The third kappa shape index (κ3) is 6.77. The molecule has 35 heavy (non-hydrogen) atoms. The first-order chi connectivity index (χ1) is 16.7. The first kappa shape index (κ1) is 25.2. The predicted molar refractivity (Wildman–Crippen MR) is 129 cm³/mol. The molecule has 1 amide bonds. The summed E-state index contributed by atoms with van der Waals surface area (Å²) in [5, 5.41) is 18.0. The lowest BCUT2D eigenvalue weighted by atomic mass is 10.2. The highest BCUT2D eigenvalue weighted by atomic mass is 32.2. The number of nitro benzene ring substituents is 1. The molecule has 0 aliphatic carbocycles. The molecule has 0 saturated carbocycles. The van der Waals surface area contributed by atoms with E-state index >= 15 is 0 Å². The number of carbonyl (C=O) groups excluding carboxylic acids is 1. The number of hydrogen-bond acceptors (Lipinski definition) is 9. The third-order valence-electron chi connectivity index (χ3n) is 4.68. The molecule has 182 valence electrons. The third-order valence-corrected chi connectivity index (χ3v) is 5.91. The van der Waals surface area contributed by atoms with Crippen molar-refractivity contribution in [3.63, 3.8) is 0 Å². The van der Waals surface area contributed by atoms with Crippen molar-refractivity contribution in [1.82, 2.24) is 5.43 Å². The summed E-state index contributed by atoms with van der Waals surface area (Å²) in [6.45, 7) is 1.52. The second kappa shape index (κ2) is 11.1. The fourth-order valence-electron chi connectivity index (χ4n) is 2.90. The molecule has 0 aromatic heterocycles. The van der Waals surface area contributed by atoms with Crippen molar-refractivity contribution in [2.75, 3.05) is 19.0 Å². The number of benzene rings is 3. The fraction of sp³-hybridized carbons (Fsp3) is 0.130. The Kier molecular flexibility index (Phi) is 8.00. The summed E-state index contributed by atoms with van der Waals surface area (Å²) in [7, 11) is -3.05. The van der Waals surface area contributed by atoms with E-state index < -0.39 is 15.0 Å². The normalized spacial score (nSPS) is 11.1. The van der Waals surface area contributed by atoms with E-state index in [9.17, 15) is 23.3 Å². The topological polar surface area (TPSA) is 149 Å². The molecule has 3 aromatic rings. The Bertz CT molecular complexity index is 1360. The minimum absolute atomic E-state index is 0.0203. The van der Waals surface area contributed by atoms with Crippen molar-refractivity contribution in [2.45, 2.75) is 11.8 Å². The first-order valence-corrected chi connectivity index (χ1v) is 11.6. The molecule has 0 saturated heterocycles. The van der Waals surface area contributed by atoms with E-state index in [-0.39, 0.29) is 34.5 Å². The van der Waals surface area contributed by atoms with Crippen LogP contribution in [0.5, 0.6) is 11.5 Å². The number of hydrogen-bond donors (Lipinski definition) is 2. The largest absolute Gasteiger partial charge is 0.493 e. The molecule has 11 nitrogen and oxygen atoms in total. The second-order valence-electron chi connectivity index (χ2n) is 7.17. The van der Waals surface area contributed by atoms with Gasteiger partial charge < -0.3 is 14.2 Å². The zero-order valence-electron chi connectivity index (χ0n) is 18.8. The molecule has 0 bridgehead atoms. The SMILES string of the molecule is COc1cc(C=NNC(=O)CNc2ccccc2)ccc1OS(=O)(=O)c1ccc(C)c([N+](=O)[O-])c1. The van der Waals surface area contributed by atoms with Crippen LogP contribution in [-0.2, 0) is 14.9 Å². The summed E-state index contributed by atoms with van der Waals surface area (Å²) in [5.41, 5.74) is 3.64. The predicted octanol–water partition coefficient (Wildman–Crippen LogP) is 3.24. The molecule has 3 aromatic carbocycles. The van der Waals surface area contributed by atoms with Gasteiger partial charge in [0, 0.05) is 17.3 Å². The number of anilines is 1. The van der Waals surface area contributed by atoms with Crippen LogP contribution in [0.25, 0.3) is 0 Å². The van der Waals surface area contributed by atoms with Crippen molar-refractivity contribution in [3.05, 3.63) is 88.0 Å². The zero-order valence-corrected chi connectivity index (χ0v) is 19.6. The van der Waals surface area contributed by atoms with Gasteiger partial charge >= 0.3 is 10.1 Å². The molecular weight excluding hydrogens is 476 g/mol. The van der Waals surface area contributed by atoms with Gasteiger partial charge in [-0.1, -0.05) is 24.3 Å². The monoisotopic (exact) mass is 498 g/mol. The maximum absolute atomic E-state index is 12.7. The molecule has 0 unspecified atom stereocenters. The highest BCUT2D eigenvalue weighted by molar-refractivity contribution is 7.87. The van der Waals surface area contributed by atoms with Gasteiger partial charge in [-0.25, -0.2) is 5.43 Å². The first-order valence-electron chi connectivity index (χ1n) is 10.2. The van der Waals surface area contributed by atoms with Crippen LogP contribution in [0, 0.1) is 17.0 Å². The smallest absolute Gasteiger partial charge is 0.339 e. The number of carbonyl (C=O) groups is 1. The second-order valence-corrected chi connectivity index (χ2v) is 8.71. The molecule has 0 radical (unpaired) electrons. The molecule has 0 aliphatic heterocycles. The summed E-state index contributed by atoms with van der Waals surface area (Å²) in [4.78, 5) is 22.0. The van der Waals surface area contributed by atoms with Crippen LogP contribution in [0.4, 0.5) is 11.4 Å². The molecule has 0 heterocycles. The molecule has 0 spiro atoms. The Morgan fingerprint density at radius 1 is 1.09 bits per heavy atom. The fourth-order valence-corrected chi connectivity index (χ4v) is 3.86. The van der Waals surface area contributed by atoms with Crippen LogP contribution in [0.1, 0.15) is 11.1 Å². The van der Waals surface area contributed by atoms with Crippen LogP contribution in [-0.4, -0.2) is 39.1 Å². The molecule has 12 heteroatoms. The standard InChI is InChI=1S/C23H22N4O7S/c1-16-8-10-19(13-20(16)27(29)30)35(31,32)34-21-11-9-17(12-22(21)33-2)14-25-26-23(28)15-24-18-6-4-3-5-7-18/h3-14,24H,15H2,1-2H3,(H,26,28). The minimum atomic E-state index is -4.37. The lowest BCUT2D eigenvalue weighted by Gasteiger charge is -2.11. The Morgan fingerprint density at radius 2 is 1.83 bits per heavy atom. The summed E-state index contributed by atoms with van der Waals surface area (Å²) < 4.78 is 35.7. The molecule has 2 N–H and O–H groups in total. The van der Waals surface area contributed by atoms with E-state index in [2.05, 4.69) is 15.8 Å². The van der Waals surface area contributed by atoms with Gasteiger partial charge in [-0.3, -0.25) is 14.9 Å². The summed E-state index contributed by atoms with van der Waals surface area (Å²) in [5.74, 6) is -0.407.